The highest BCUT2D eigenvalue weighted by Crippen LogP contribution is 2.35. The second kappa shape index (κ2) is 7.30. The van der Waals surface area contributed by atoms with Crippen LogP contribution >= 0.6 is 15.9 Å². The SMILES string of the molecule is COC(=O)C1=C(C)N(c2cccc(C)c2)C(=O)/C1=C/c1cccc(Br)c1. The van der Waals surface area contributed by atoms with Crippen LogP contribution in [0.2, 0.25) is 0 Å². The van der Waals surface area contributed by atoms with E-state index < -0.39 is 5.97 Å². The Morgan fingerprint density at radius 2 is 1.85 bits per heavy atom. The highest BCUT2D eigenvalue weighted by atomic mass is 79.9. The molecule has 0 bridgehead atoms. The maximum Gasteiger partial charge on any atom is 0.340 e. The minimum atomic E-state index is -0.521. The van der Waals surface area contributed by atoms with E-state index >= 15 is 0 Å². The molecule has 4 nitrogen and oxygen atoms in total. The second-order valence-corrected chi connectivity index (χ2v) is 6.96. The van der Waals surface area contributed by atoms with Gasteiger partial charge in [0.25, 0.3) is 5.91 Å². The first-order chi connectivity index (χ1) is 12.4. The molecule has 0 fully saturated rings. The molecule has 0 saturated heterocycles. The van der Waals surface area contributed by atoms with Crippen molar-refractivity contribution < 1.29 is 14.3 Å². The lowest BCUT2D eigenvalue weighted by Crippen LogP contribution is -2.24. The van der Waals surface area contributed by atoms with Crippen LogP contribution in [0.15, 0.2) is 69.8 Å². The van der Waals surface area contributed by atoms with Gasteiger partial charge < -0.3 is 4.74 Å². The van der Waals surface area contributed by atoms with Gasteiger partial charge >= 0.3 is 5.97 Å². The molecule has 1 aliphatic heterocycles. The second-order valence-electron chi connectivity index (χ2n) is 6.04. The fraction of sp³-hybridized carbons (Fsp3) is 0.143. The maximum atomic E-state index is 13.1. The number of benzene rings is 2. The van der Waals surface area contributed by atoms with Crippen LogP contribution in [-0.2, 0) is 14.3 Å². The van der Waals surface area contributed by atoms with Crippen LogP contribution in [-0.4, -0.2) is 19.0 Å². The minimum absolute atomic E-state index is 0.242. The van der Waals surface area contributed by atoms with Crippen molar-refractivity contribution in [2.45, 2.75) is 13.8 Å². The van der Waals surface area contributed by atoms with Gasteiger partial charge in [0.15, 0.2) is 0 Å². The van der Waals surface area contributed by atoms with Crippen LogP contribution in [0.25, 0.3) is 6.08 Å². The third-order valence-electron chi connectivity index (χ3n) is 4.21. The van der Waals surface area contributed by atoms with Crippen molar-refractivity contribution in [1.82, 2.24) is 0 Å². The van der Waals surface area contributed by atoms with E-state index in [1.54, 1.807) is 17.9 Å². The van der Waals surface area contributed by atoms with Crippen molar-refractivity contribution in [3.05, 3.63) is 81.0 Å². The molecule has 26 heavy (non-hydrogen) atoms. The van der Waals surface area contributed by atoms with Crippen molar-refractivity contribution in [2.24, 2.45) is 0 Å². The zero-order valence-corrected chi connectivity index (χ0v) is 16.3. The fourth-order valence-electron chi connectivity index (χ4n) is 3.02. The molecule has 0 spiro atoms. The summed E-state index contributed by atoms with van der Waals surface area (Å²) >= 11 is 3.42. The summed E-state index contributed by atoms with van der Waals surface area (Å²) in [4.78, 5) is 27.1. The topological polar surface area (TPSA) is 46.6 Å². The molecule has 0 aliphatic carbocycles. The molecule has 1 aliphatic rings. The van der Waals surface area contributed by atoms with Crippen molar-refractivity contribution in [3.8, 4) is 0 Å². The van der Waals surface area contributed by atoms with Crippen LogP contribution in [0.4, 0.5) is 5.69 Å². The molecule has 1 heterocycles. The van der Waals surface area contributed by atoms with E-state index in [9.17, 15) is 9.59 Å². The first kappa shape index (κ1) is 18.1. The van der Waals surface area contributed by atoms with Gasteiger partial charge in [-0.05, 0) is 55.3 Å². The highest BCUT2D eigenvalue weighted by Gasteiger charge is 2.37. The summed E-state index contributed by atoms with van der Waals surface area (Å²) in [5.74, 6) is -0.763. The number of methoxy groups -OCH3 is 1. The van der Waals surface area contributed by atoms with Crippen molar-refractivity contribution in [2.75, 3.05) is 12.0 Å². The quantitative estimate of drug-likeness (QED) is 0.546. The van der Waals surface area contributed by atoms with Gasteiger partial charge in [0.1, 0.15) is 0 Å². The van der Waals surface area contributed by atoms with Crippen molar-refractivity contribution >= 4 is 39.6 Å². The molecule has 1 amide bonds. The predicted molar refractivity (Wildman–Crippen MR) is 106 cm³/mol. The van der Waals surface area contributed by atoms with Gasteiger partial charge in [-0.25, -0.2) is 4.79 Å². The molecule has 0 atom stereocenters. The molecule has 0 unspecified atom stereocenters. The van der Waals surface area contributed by atoms with E-state index in [1.807, 2.05) is 55.5 Å². The van der Waals surface area contributed by atoms with Crippen LogP contribution < -0.4 is 4.90 Å². The molecule has 0 saturated carbocycles. The van der Waals surface area contributed by atoms with Gasteiger partial charge in [-0.3, -0.25) is 9.69 Å². The molecular formula is C21H18BrNO3. The number of carbonyl (C=O) groups is 2. The van der Waals surface area contributed by atoms with Gasteiger partial charge in [0.2, 0.25) is 0 Å². The summed E-state index contributed by atoms with van der Waals surface area (Å²) in [5, 5.41) is 0. The molecule has 0 aromatic heterocycles. The van der Waals surface area contributed by atoms with Gasteiger partial charge in [-0.2, -0.15) is 0 Å². The third-order valence-corrected chi connectivity index (χ3v) is 4.70. The van der Waals surface area contributed by atoms with E-state index in [1.165, 1.54) is 7.11 Å². The van der Waals surface area contributed by atoms with E-state index in [0.717, 1.165) is 21.3 Å². The van der Waals surface area contributed by atoms with Gasteiger partial charge in [0.05, 0.1) is 18.3 Å². The Morgan fingerprint density at radius 3 is 2.50 bits per heavy atom. The summed E-state index contributed by atoms with van der Waals surface area (Å²) < 4.78 is 5.82. The standard InChI is InChI=1S/C21H18BrNO3/c1-13-6-4-9-17(10-13)23-14(2)19(21(25)26-3)18(20(23)24)12-15-7-5-8-16(22)11-15/h4-12H,1-3H3/b18-12+. The number of ether oxygens (including phenoxy) is 1. The fourth-order valence-corrected chi connectivity index (χ4v) is 3.44. The number of allylic oxidation sites excluding steroid dienone is 1. The Labute approximate surface area is 160 Å². The summed E-state index contributed by atoms with van der Waals surface area (Å²) in [7, 11) is 1.32. The summed E-state index contributed by atoms with van der Waals surface area (Å²) in [6, 6.07) is 15.2. The summed E-state index contributed by atoms with van der Waals surface area (Å²) in [5.41, 5.74) is 3.77. The zero-order valence-electron chi connectivity index (χ0n) is 14.7. The maximum absolute atomic E-state index is 13.1. The molecule has 3 rings (SSSR count). The lowest BCUT2D eigenvalue weighted by molar-refractivity contribution is -0.136. The van der Waals surface area contributed by atoms with Crippen LogP contribution in [0.1, 0.15) is 18.1 Å². The minimum Gasteiger partial charge on any atom is -0.465 e. The van der Waals surface area contributed by atoms with Crippen molar-refractivity contribution in [3.63, 3.8) is 0 Å². The molecule has 2 aromatic rings. The third kappa shape index (κ3) is 3.35. The number of carbonyl (C=O) groups excluding carboxylic acids is 2. The smallest absolute Gasteiger partial charge is 0.340 e. The van der Waals surface area contributed by atoms with Crippen LogP contribution in [0.5, 0.6) is 0 Å². The summed E-state index contributed by atoms with van der Waals surface area (Å²) in [6.07, 6.45) is 1.72. The van der Waals surface area contributed by atoms with Crippen molar-refractivity contribution in [1.29, 1.82) is 0 Å². The number of hydrogen-bond acceptors (Lipinski definition) is 3. The van der Waals surface area contributed by atoms with Crippen LogP contribution in [0, 0.1) is 6.92 Å². The molecule has 132 valence electrons. The first-order valence-corrected chi connectivity index (χ1v) is 8.89. The Morgan fingerprint density at radius 1 is 1.12 bits per heavy atom. The number of nitrogens with zero attached hydrogens (tertiary/aromatic N) is 1. The predicted octanol–water partition coefficient (Wildman–Crippen LogP) is 4.63. The highest BCUT2D eigenvalue weighted by molar-refractivity contribution is 9.10. The van der Waals surface area contributed by atoms with Crippen LogP contribution in [0.3, 0.4) is 0 Å². The molecular weight excluding hydrogens is 394 g/mol. The lowest BCUT2D eigenvalue weighted by atomic mass is 10.0. The number of aryl methyl sites for hydroxylation is 1. The zero-order chi connectivity index (χ0) is 18.8. The molecule has 0 N–H and O–H groups in total. The van der Waals surface area contributed by atoms with Gasteiger partial charge in [-0.1, -0.05) is 40.2 Å². The molecule has 0 radical (unpaired) electrons. The lowest BCUT2D eigenvalue weighted by Gasteiger charge is -2.18. The summed E-state index contributed by atoms with van der Waals surface area (Å²) in [6.45, 7) is 3.72. The Hall–Kier alpha value is -2.66. The Bertz CT molecular complexity index is 959. The average Bonchev–Trinajstić information content (AvgIpc) is 2.84. The largest absolute Gasteiger partial charge is 0.465 e. The first-order valence-electron chi connectivity index (χ1n) is 8.10. The number of hydrogen-bond donors (Lipinski definition) is 0. The Kier molecular flexibility index (Phi) is 5.09. The number of halogens is 1. The average molecular weight is 412 g/mol. The number of rotatable bonds is 3. The van der Waals surface area contributed by atoms with E-state index in [0.29, 0.717) is 16.8 Å². The number of amides is 1. The van der Waals surface area contributed by atoms with Gasteiger partial charge in [0, 0.05) is 15.9 Å². The number of esters is 1. The van der Waals surface area contributed by atoms with E-state index in [4.69, 9.17) is 4.74 Å². The monoisotopic (exact) mass is 411 g/mol. The number of anilines is 1. The molecule has 5 heteroatoms. The van der Waals surface area contributed by atoms with E-state index in [2.05, 4.69) is 15.9 Å². The Balaban J connectivity index is 2.15. The molecule has 2 aromatic carbocycles. The van der Waals surface area contributed by atoms with Gasteiger partial charge in [-0.15, -0.1) is 0 Å². The van der Waals surface area contributed by atoms with E-state index in [-0.39, 0.29) is 5.91 Å². The normalized spacial score (nSPS) is 15.8.